The van der Waals surface area contributed by atoms with Gasteiger partial charge >= 0.3 is 0 Å². The smallest absolute Gasteiger partial charge is 0.264 e. The minimum absolute atomic E-state index is 0.00719. The Bertz CT molecular complexity index is 1460. The van der Waals surface area contributed by atoms with Crippen LogP contribution in [0.4, 0.5) is 10.1 Å². The molecule has 0 aromatic heterocycles. The van der Waals surface area contributed by atoms with Crippen molar-refractivity contribution >= 4 is 39.1 Å². The minimum atomic E-state index is -4.23. The molecule has 0 aliphatic heterocycles. The molecule has 1 aliphatic rings. The van der Waals surface area contributed by atoms with E-state index in [-0.39, 0.29) is 29.1 Å². The van der Waals surface area contributed by atoms with Gasteiger partial charge < -0.3 is 15.0 Å². The van der Waals surface area contributed by atoms with Crippen LogP contribution in [-0.4, -0.2) is 50.9 Å². The van der Waals surface area contributed by atoms with Crippen molar-refractivity contribution in [1.29, 1.82) is 0 Å². The van der Waals surface area contributed by atoms with E-state index >= 15 is 0 Å². The molecule has 2 amide bonds. The zero-order chi connectivity index (χ0) is 30.3. The number of sulfonamides is 1. The van der Waals surface area contributed by atoms with Crippen LogP contribution in [0.2, 0.25) is 5.02 Å². The van der Waals surface area contributed by atoms with Gasteiger partial charge in [0.25, 0.3) is 10.0 Å². The molecule has 0 radical (unpaired) electrons. The van der Waals surface area contributed by atoms with Gasteiger partial charge in [-0.3, -0.25) is 13.9 Å². The van der Waals surface area contributed by atoms with E-state index < -0.39 is 34.3 Å². The molecular weight excluding hydrogens is 581 g/mol. The number of hydrogen-bond acceptors (Lipinski definition) is 5. The monoisotopic (exact) mass is 615 g/mol. The number of halogens is 2. The molecule has 0 heterocycles. The summed E-state index contributed by atoms with van der Waals surface area (Å²) in [5, 5.41) is 3.47. The van der Waals surface area contributed by atoms with Gasteiger partial charge in [-0.15, -0.1) is 0 Å². The predicted molar refractivity (Wildman–Crippen MR) is 160 cm³/mol. The summed E-state index contributed by atoms with van der Waals surface area (Å²) in [4.78, 5) is 28.9. The van der Waals surface area contributed by atoms with Gasteiger partial charge in [-0.25, -0.2) is 12.8 Å². The molecule has 4 rings (SSSR count). The zero-order valence-corrected chi connectivity index (χ0v) is 25.2. The van der Waals surface area contributed by atoms with Crippen LogP contribution >= 0.6 is 11.6 Å². The minimum Gasteiger partial charge on any atom is -0.497 e. The molecule has 0 spiro atoms. The summed E-state index contributed by atoms with van der Waals surface area (Å²) >= 11 is 6.08. The van der Waals surface area contributed by atoms with E-state index in [1.807, 2.05) is 0 Å². The maximum absolute atomic E-state index is 14.1. The number of nitrogens with zero attached hydrogens (tertiary/aromatic N) is 2. The Morgan fingerprint density at radius 2 is 1.62 bits per heavy atom. The molecule has 224 valence electrons. The summed E-state index contributed by atoms with van der Waals surface area (Å²) in [5.74, 6) is -0.828. The third kappa shape index (κ3) is 7.60. The molecule has 1 fully saturated rings. The topological polar surface area (TPSA) is 96.0 Å². The van der Waals surface area contributed by atoms with Crippen LogP contribution in [0.15, 0.2) is 77.7 Å². The first-order chi connectivity index (χ1) is 20.1. The van der Waals surface area contributed by atoms with Gasteiger partial charge in [0.1, 0.15) is 24.2 Å². The molecule has 1 saturated carbocycles. The molecule has 0 saturated heterocycles. The highest BCUT2D eigenvalue weighted by atomic mass is 35.5. The summed E-state index contributed by atoms with van der Waals surface area (Å²) in [5.41, 5.74) is 0.835. The SMILES string of the molecule is CCC(C(=O)NC1CCCC1)N(Cc1ccc(F)cc1)C(=O)CN(c1ccc(Cl)cc1)S(=O)(=O)c1ccc(OC)cc1. The highest BCUT2D eigenvalue weighted by Crippen LogP contribution is 2.27. The highest BCUT2D eigenvalue weighted by molar-refractivity contribution is 7.92. The average molecular weight is 616 g/mol. The molecule has 8 nitrogen and oxygen atoms in total. The number of anilines is 1. The summed E-state index contributed by atoms with van der Waals surface area (Å²) in [6.45, 7) is 1.21. The number of benzene rings is 3. The van der Waals surface area contributed by atoms with Crippen molar-refractivity contribution in [3.8, 4) is 5.75 Å². The number of carbonyl (C=O) groups excluding carboxylic acids is 2. The highest BCUT2D eigenvalue weighted by Gasteiger charge is 2.34. The number of amides is 2. The van der Waals surface area contributed by atoms with Crippen molar-refractivity contribution in [1.82, 2.24) is 10.2 Å². The maximum Gasteiger partial charge on any atom is 0.264 e. The van der Waals surface area contributed by atoms with Gasteiger partial charge in [0.2, 0.25) is 11.8 Å². The second kappa shape index (κ2) is 14.0. The van der Waals surface area contributed by atoms with E-state index in [4.69, 9.17) is 16.3 Å². The molecule has 1 aliphatic carbocycles. The lowest BCUT2D eigenvalue weighted by Gasteiger charge is -2.33. The van der Waals surface area contributed by atoms with Crippen molar-refractivity contribution in [3.05, 3.63) is 89.2 Å². The Morgan fingerprint density at radius 1 is 1.00 bits per heavy atom. The summed E-state index contributed by atoms with van der Waals surface area (Å²) in [7, 11) is -2.76. The molecule has 0 bridgehead atoms. The second-order valence-electron chi connectivity index (χ2n) is 10.2. The molecule has 3 aromatic carbocycles. The fourth-order valence-electron chi connectivity index (χ4n) is 5.08. The Labute approximate surface area is 251 Å². The predicted octanol–water partition coefficient (Wildman–Crippen LogP) is 5.55. The van der Waals surface area contributed by atoms with E-state index in [1.54, 1.807) is 19.1 Å². The van der Waals surface area contributed by atoms with Crippen molar-refractivity contribution in [2.45, 2.75) is 62.6 Å². The molecule has 42 heavy (non-hydrogen) atoms. The largest absolute Gasteiger partial charge is 0.497 e. The lowest BCUT2D eigenvalue weighted by atomic mass is 10.1. The molecule has 3 aromatic rings. The molecule has 11 heteroatoms. The van der Waals surface area contributed by atoms with Crippen molar-refractivity contribution in [2.24, 2.45) is 0 Å². The van der Waals surface area contributed by atoms with Crippen LogP contribution in [0.5, 0.6) is 5.75 Å². The van der Waals surface area contributed by atoms with Crippen LogP contribution in [-0.2, 0) is 26.2 Å². The van der Waals surface area contributed by atoms with Crippen molar-refractivity contribution in [2.75, 3.05) is 18.0 Å². The fraction of sp³-hybridized carbons (Fsp3) is 0.355. The van der Waals surface area contributed by atoms with Gasteiger partial charge in [0.05, 0.1) is 17.7 Å². The average Bonchev–Trinajstić information content (AvgIpc) is 3.50. The molecule has 1 atom stereocenters. The lowest BCUT2D eigenvalue weighted by molar-refractivity contribution is -0.140. The van der Waals surface area contributed by atoms with Gasteiger partial charge in [-0.1, -0.05) is 43.5 Å². The van der Waals surface area contributed by atoms with E-state index in [9.17, 15) is 22.4 Å². The van der Waals surface area contributed by atoms with Crippen LogP contribution in [0, 0.1) is 5.82 Å². The Hall–Kier alpha value is -3.63. The number of ether oxygens (including phenoxy) is 1. The first-order valence-electron chi connectivity index (χ1n) is 13.9. The van der Waals surface area contributed by atoms with E-state index in [0.29, 0.717) is 22.8 Å². The standard InChI is InChI=1S/C31H35ClFN3O5S/c1-3-29(31(38)34-25-6-4-5-7-25)35(20-22-8-12-24(33)13-9-22)30(37)21-36(26-14-10-23(32)11-15-26)42(39,40)28-18-16-27(41-2)17-19-28/h8-19,25,29H,3-7,20-21H2,1-2H3,(H,34,38). The third-order valence-electron chi connectivity index (χ3n) is 7.39. The fourth-order valence-corrected chi connectivity index (χ4v) is 6.62. The van der Waals surface area contributed by atoms with Crippen LogP contribution in [0.3, 0.4) is 0 Å². The molecule has 1 N–H and O–H groups in total. The summed E-state index contributed by atoms with van der Waals surface area (Å²) in [6, 6.07) is 16.8. The van der Waals surface area contributed by atoms with Gasteiger partial charge in [0, 0.05) is 17.6 Å². The number of methoxy groups -OCH3 is 1. The van der Waals surface area contributed by atoms with Crippen LogP contribution in [0.25, 0.3) is 0 Å². The first-order valence-corrected chi connectivity index (χ1v) is 15.7. The van der Waals surface area contributed by atoms with E-state index in [1.165, 1.54) is 72.7 Å². The number of rotatable bonds is 12. The Balaban J connectivity index is 1.70. The van der Waals surface area contributed by atoms with E-state index in [0.717, 1.165) is 30.0 Å². The van der Waals surface area contributed by atoms with Gasteiger partial charge in [-0.05, 0) is 85.5 Å². The van der Waals surface area contributed by atoms with Crippen molar-refractivity contribution in [3.63, 3.8) is 0 Å². The number of nitrogens with one attached hydrogen (secondary N) is 1. The second-order valence-corrected chi connectivity index (χ2v) is 12.5. The normalized spacial score (nSPS) is 14.3. The Morgan fingerprint density at radius 3 is 2.19 bits per heavy atom. The molecular formula is C31H35ClFN3O5S. The van der Waals surface area contributed by atoms with Crippen LogP contribution < -0.4 is 14.4 Å². The number of carbonyl (C=O) groups is 2. The van der Waals surface area contributed by atoms with Gasteiger partial charge in [-0.2, -0.15) is 0 Å². The summed E-state index contributed by atoms with van der Waals surface area (Å²) < 4.78 is 47.7. The lowest BCUT2D eigenvalue weighted by Crippen LogP contribution is -2.53. The molecule has 1 unspecified atom stereocenters. The van der Waals surface area contributed by atoms with E-state index in [2.05, 4.69) is 5.32 Å². The Kier molecular flexibility index (Phi) is 10.5. The first kappa shape index (κ1) is 31.3. The number of hydrogen-bond donors (Lipinski definition) is 1. The zero-order valence-electron chi connectivity index (χ0n) is 23.6. The van der Waals surface area contributed by atoms with Crippen LogP contribution in [0.1, 0.15) is 44.6 Å². The van der Waals surface area contributed by atoms with Crippen molar-refractivity contribution < 1.29 is 27.1 Å². The maximum atomic E-state index is 14.1. The quantitative estimate of drug-likeness (QED) is 0.288. The van der Waals surface area contributed by atoms with Gasteiger partial charge in [0.15, 0.2) is 0 Å². The summed E-state index contributed by atoms with van der Waals surface area (Å²) in [6.07, 6.45) is 4.10. The third-order valence-corrected chi connectivity index (χ3v) is 9.43.